The van der Waals surface area contributed by atoms with Crippen LogP contribution in [0.5, 0.6) is 0 Å². The fourth-order valence-corrected chi connectivity index (χ4v) is 3.38. The van der Waals surface area contributed by atoms with Gasteiger partial charge in [-0.1, -0.05) is 29.3 Å². The summed E-state index contributed by atoms with van der Waals surface area (Å²) in [5.41, 5.74) is 7.93. The van der Waals surface area contributed by atoms with E-state index >= 15 is 0 Å². The molecule has 1 N–H and O–H groups in total. The summed E-state index contributed by atoms with van der Waals surface area (Å²) in [6, 6.07) is 14.9. The summed E-state index contributed by atoms with van der Waals surface area (Å²) >= 11 is 12.1. The minimum Gasteiger partial charge on any atom is -0.318 e. The van der Waals surface area contributed by atoms with Crippen LogP contribution in [0, 0.1) is 20.8 Å². The van der Waals surface area contributed by atoms with Gasteiger partial charge in [-0.05, 0) is 68.8 Å². The van der Waals surface area contributed by atoms with Crippen LogP contribution in [-0.2, 0) is 0 Å². The Balaban J connectivity index is 1.79. The van der Waals surface area contributed by atoms with Crippen LogP contribution in [0.4, 0.5) is 0 Å². The lowest BCUT2D eigenvalue weighted by Gasteiger charge is -2.09. The van der Waals surface area contributed by atoms with Crippen molar-refractivity contribution in [3.8, 4) is 5.69 Å². The maximum absolute atomic E-state index is 12.3. The molecule has 27 heavy (non-hydrogen) atoms. The monoisotopic (exact) mass is 399 g/mol. The number of hydrazone groups is 1. The second-order valence-corrected chi connectivity index (χ2v) is 7.16. The predicted molar refractivity (Wildman–Crippen MR) is 112 cm³/mol. The lowest BCUT2D eigenvalue weighted by atomic mass is 10.1. The molecule has 0 aliphatic rings. The second-order valence-electron chi connectivity index (χ2n) is 6.32. The van der Waals surface area contributed by atoms with Gasteiger partial charge in [0.2, 0.25) is 0 Å². The topological polar surface area (TPSA) is 46.4 Å². The van der Waals surface area contributed by atoms with E-state index in [1.807, 2.05) is 57.2 Å². The zero-order chi connectivity index (χ0) is 19.6. The third kappa shape index (κ3) is 4.24. The molecule has 3 aromatic rings. The van der Waals surface area contributed by atoms with Crippen LogP contribution < -0.4 is 5.43 Å². The summed E-state index contributed by atoms with van der Waals surface area (Å²) in [7, 11) is 0. The Morgan fingerprint density at radius 3 is 2.41 bits per heavy atom. The highest BCUT2D eigenvalue weighted by molar-refractivity contribution is 6.33. The Morgan fingerprint density at radius 1 is 1.04 bits per heavy atom. The van der Waals surface area contributed by atoms with E-state index in [1.165, 1.54) is 0 Å². The minimum atomic E-state index is -0.345. The minimum absolute atomic E-state index is 0.345. The fourth-order valence-electron chi connectivity index (χ4n) is 2.93. The molecule has 0 aliphatic heterocycles. The van der Waals surface area contributed by atoms with Crippen LogP contribution in [0.15, 0.2) is 53.6 Å². The normalized spacial score (nSPS) is 11.1. The quantitative estimate of drug-likeness (QED) is 0.458. The number of aromatic nitrogens is 1. The molecule has 1 amide bonds. The number of aryl methyl sites for hydroxylation is 2. The van der Waals surface area contributed by atoms with Gasteiger partial charge in [0.1, 0.15) is 0 Å². The largest absolute Gasteiger partial charge is 0.318 e. The van der Waals surface area contributed by atoms with Crippen molar-refractivity contribution in [1.29, 1.82) is 0 Å². The van der Waals surface area contributed by atoms with Crippen molar-refractivity contribution in [3.05, 3.63) is 86.7 Å². The van der Waals surface area contributed by atoms with Crippen LogP contribution in [0.25, 0.3) is 5.69 Å². The zero-order valence-electron chi connectivity index (χ0n) is 15.3. The average Bonchev–Trinajstić information content (AvgIpc) is 2.89. The Kier molecular flexibility index (Phi) is 5.68. The molecule has 0 fully saturated rings. The SMILES string of the molecule is Cc1ccc(C(=O)N/N=C\c2cc(C)n(-c3ccc(Cl)cc3)c2C)c(Cl)c1. The first-order valence-electron chi connectivity index (χ1n) is 8.41. The smallest absolute Gasteiger partial charge is 0.272 e. The van der Waals surface area contributed by atoms with Gasteiger partial charge in [-0.25, -0.2) is 5.43 Å². The molecule has 4 nitrogen and oxygen atoms in total. The molecular formula is C21H19Cl2N3O. The second kappa shape index (κ2) is 7.99. The van der Waals surface area contributed by atoms with E-state index in [2.05, 4.69) is 15.1 Å². The standard InChI is InChI=1S/C21H19Cl2N3O/c1-13-4-9-19(20(23)10-13)21(27)25-24-12-16-11-14(2)26(15(16)3)18-7-5-17(22)6-8-18/h4-12H,1-3H3,(H,25,27)/b24-12-. The van der Waals surface area contributed by atoms with Crippen molar-refractivity contribution in [2.75, 3.05) is 0 Å². The molecule has 0 saturated carbocycles. The van der Waals surface area contributed by atoms with Crippen LogP contribution >= 0.6 is 23.2 Å². The van der Waals surface area contributed by atoms with Crippen molar-refractivity contribution in [2.45, 2.75) is 20.8 Å². The van der Waals surface area contributed by atoms with Crippen molar-refractivity contribution >= 4 is 35.3 Å². The van der Waals surface area contributed by atoms with E-state index < -0.39 is 0 Å². The van der Waals surface area contributed by atoms with Gasteiger partial charge in [0.15, 0.2) is 0 Å². The molecule has 3 rings (SSSR count). The molecule has 1 heterocycles. The van der Waals surface area contributed by atoms with E-state index in [-0.39, 0.29) is 5.91 Å². The van der Waals surface area contributed by atoms with E-state index in [0.29, 0.717) is 15.6 Å². The molecule has 2 aromatic carbocycles. The van der Waals surface area contributed by atoms with Gasteiger partial charge in [0.25, 0.3) is 5.91 Å². The van der Waals surface area contributed by atoms with Gasteiger partial charge in [-0.3, -0.25) is 4.79 Å². The molecular weight excluding hydrogens is 381 g/mol. The summed E-state index contributed by atoms with van der Waals surface area (Å²) in [6.07, 6.45) is 1.63. The third-order valence-electron chi connectivity index (χ3n) is 4.29. The molecule has 0 unspecified atom stereocenters. The third-order valence-corrected chi connectivity index (χ3v) is 4.86. The van der Waals surface area contributed by atoms with Crippen molar-refractivity contribution in [3.63, 3.8) is 0 Å². The molecule has 0 aliphatic carbocycles. The number of benzene rings is 2. The number of halogens is 2. The van der Waals surface area contributed by atoms with Crippen LogP contribution in [0.2, 0.25) is 10.0 Å². The number of rotatable bonds is 4. The van der Waals surface area contributed by atoms with Gasteiger partial charge in [-0.2, -0.15) is 5.10 Å². The first-order chi connectivity index (χ1) is 12.9. The van der Waals surface area contributed by atoms with E-state index in [1.54, 1.807) is 18.3 Å². The first kappa shape index (κ1) is 19.2. The van der Waals surface area contributed by atoms with Crippen LogP contribution in [0.3, 0.4) is 0 Å². The number of nitrogens with zero attached hydrogens (tertiary/aromatic N) is 2. The molecule has 0 spiro atoms. The summed E-state index contributed by atoms with van der Waals surface area (Å²) in [5.74, 6) is -0.345. The van der Waals surface area contributed by atoms with E-state index in [9.17, 15) is 4.79 Å². The summed E-state index contributed by atoms with van der Waals surface area (Å²) in [4.78, 5) is 12.3. The Morgan fingerprint density at radius 2 is 1.74 bits per heavy atom. The van der Waals surface area contributed by atoms with Crippen molar-refractivity contribution in [1.82, 2.24) is 9.99 Å². The lowest BCUT2D eigenvalue weighted by Crippen LogP contribution is -2.18. The lowest BCUT2D eigenvalue weighted by molar-refractivity contribution is 0.0955. The van der Waals surface area contributed by atoms with Gasteiger partial charge < -0.3 is 4.57 Å². The van der Waals surface area contributed by atoms with E-state index in [4.69, 9.17) is 23.2 Å². The van der Waals surface area contributed by atoms with Crippen LogP contribution in [-0.4, -0.2) is 16.7 Å². The average molecular weight is 400 g/mol. The number of carbonyl (C=O) groups excluding carboxylic acids is 1. The highest BCUT2D eigenvalue weighted by Gasteiger charge is 2.11. The Bertz CT molecular complexity index is 1020. The number of nitrogens with one attached hydrogen (secondary N) is 1. The van der Waals surface area contributed by atoms with E-state index in [0.717, 1.165) is 28.2 Å². The van der Waals surface area contributed by atoms with Gasteiger partial charge in [0.05, 0.1) is 16.8 Å². The maximum atomic E-state index is 12.3. The fraction of sp³-hybridized carbons (Fsp3) is 0.143. The van der Waals surface area contributed by atoms with Crippen LogP contribution in [0.1, 0.15) is 32.9 Å². The molecule has 0 radical (unpaired) electrons. The maximum Gasteiger partial charge on any atom is 0.272 e. The highest BCUT2D eigenvalue weighted by Crippen LogP contribution is 2.21. The Hall–Kier alpha value is -2.56. The first-order valence-corrected chi connectivity index (χ1v) is 9.17. The number of hydrogen-bond acceptors (Lipinski definition) is 2. The highest BCUT2D eigenvalue weighted by atomic mass is 35.5. The van der Waals surface area contributed by atoms with Gasteiger partial charge >= 0.3 is 0 Å². The number of amides is 1. The molecule has 138 valence electrons. The van der Waals surface area contributed by atoms with Crippen molar-refractivity contribution < 1.29 is 4.79 Å². The molecule has 0 saturated heterocycles. The number of carbonyl (C=O) groups is 1. The molecule has 0 bridgehead atoms. The Labute approximate surface area is 168 Å². The van der Waals surface area contributed by atoms with Gasteiger partial charge in [-0.15, -0.1) is 0 Å². The molecule has 1 aromatic heterocycles. The number of hydrogen-bond donors (Lipinski definition) is 1. The van der Waals surface area contributed by atoms with Gasteiger partial charge in [0, 0.05) is 27.7 Å². The summed E-state index contributed by atoms with van der Waals surface area (Å²) < 4.78 is 2.11. The predicted octanol–water partition coefficient (Wildman–Crippen LogP) is 5.47. The summed E-state index contributed by atoms with van der Waals surface area (Å²) in [5, 5.41) is 5.19. The molecule has 6 heteroatoms. The molecule has 0 atom stereocenters. The zero-order valence-corrected chi connectivity index (χ0v) is 16.8. The summed E-state index contributed by atoms with van der Waals surface area (Å²) in [6.45, 7) is 5.94. The van der Waals surface area contributed by atoms with Crippen molar-refractivity contribution in [2.24, 2.45) is 5.10 Å².